The zero-order valence-electron chi connectivity index (χ0n) is 13.7. The molecule has 0 amide bonds. The molecule has 0 bridgehead atoms. The summed E-state index contributed by atoms with van der Waals surface area (Å²) in [6.45, 7) is 0.172. The van der Waals surface area contributed by atoms with Gasteiger partial charge in [-0.1, -0.05) is 18.2 Å². The number of hydrogen-bond donors (Lipinski definition) is 1. The van der Waals surface area contributed by atoms with E-state index in [9.17, 15) is 17.6 Å². The fourth-order valence-corrected chi connectivity index (χ4v) is 4.09. The molecule has 0 fully saturated rings. The number of hydrogen-bond acceptors (Lipinski definition) is 4. The highest BCUT2D eigenvalue weighted by Crippen LogP contribution is 2.16. The van der Waals surface area contributed by atoms with Crippen LogP contribution in [0.3, 0.4) is 0 Å². The summed E-state index contributed by atoms with van der Waals surface area (Å²) < 4.78 is 41.4. The third kappa shape index (κ3) is 4.52. The Balaban J connectivity index is 1.62. The first-order valence-corrected chi connectivity index (χ1v) is 9.90. The molecule has 0 radical (unpaired) electrons. The van der Waals surface area contributed by atoms with E-state index in [-0.39, 0.29) is 24.2 Å². The molecule has 0 unspecified atom stereocenters. The summed E-state index contributed by atoms with van der Waals surface area (Å²) in [5, 5.41) is 4.34. The number of benzene rings is 1. The summed E-state index contributed by atoms with van der Waals surface area (Å²) in [4.78, 5) is 12.1. The summed E-state index contributed by atoms with van der Waals surface area (Å²) >= 11 is 0. The van der Waals surface area contributed by atoms with E-state index < -0.39 is 21.6 Å². The Labute approximate surface area is 145 Å². The molecule has 0 spiro atoms. The van der Waals surface area contributed by atoms with Gasteiger partial charge in [0.05, 0.1) is 18.0 Å². The van der Waals surface area contributed by atoms with Crippen LogP contribution >= 0.6 is 0 Å². The van der Waals surface area contributed by atoms with E-state index >= 15 is 0 Å². The lowest BCUT2D eigenvalue weighted by Crippen LogP contribution is -2.33. The Hall–Kier alpha value is -2.06. The van der Waals surface area contributed by atoms with Crippen LogP contribution < -0.4 is 10.3 Å². The molecule has 1 N–H and O–H groups in total. The lowest BCUT2D eigenvalue weighted by molar-refractivity contribution is 0.525. The van der Waals surface area contributed by atoms with Crippen LogP contribution in [-0.2, 0) is 35.2 Å². The van der Waals surface area contributed by atoms with Crippen molar-refractivity contribution in [2.75, 3.05) is 6.54 Å². The number of halogens is 1. The van der Waals surface area contributed by atoms with Crippen molar-refractivity contribution < 1.29 is 12.8 Å². The Bertz CT molecular complexity index is 925. The van der Waals surface area contributed by atoms with Crippen LogP contribution in [0.5, 0.6) is 0 Å². The predicted octanol–water partition coefficient (Wildman–Crippen LogP) is 1.38. The number of nitrogens with zero attached hydrogens (tertiary/aromatic N) is 2. The van der Waals surface area contributed by atoms with Crippen LogP contribution in [0.4, 0.5) is 4.39 Å². The fraction of sp³-hybridized carbons (Fsp3) is 0.412. The Morgan fingerprint density at radius 3 is 2.76 bits per heavy atom. The average Bonchev–Trinajstić information content (AvgIpc) is 2.57. The Kier molecular flexibility index (Phi) is 5.29. The summed E-state index contributed by atoms with van der Waals surface area (Å²) in [5.41, 5.74) is 1.79. The minimum Gasteiger partial charge on any atom is -0.268 e. The highest BCUT2D eigenvalue weighted by molar-refractivity contribution is 7.88. The maximum Gasteiger partial charge on any atom is 0.267 e. The van der Waals surface area contributed by atoms with E-state index in [1.165, 1.54) is 22.9 Å². The van der Waals surface area contributed by atoms with Crippen molar-refractivity contribution in [3.63, 3.8) is 0 Å². The van der Waals surface area contributed by atoms with Crippen LogP contribution in [0, 0.1) is 5.82 Å². The first kappa shape index (κ1) is 17.8. The van der Waals surface area contributed by atoms with Crippen molar-refractivity contribution in [3.8, 4) is 0 Å². The minimum absolute atomic E-state index is 0.0302. The van der Waals surface area contributed by atoms with E-state index in [1.807, 2.05) is 0 Å². The normalized spacial score (nSPS) is 14.3. The molecule has 0 saturated heterocycles. The predicted molar refractivity (Wildman–Crippen MR) is 92.2 cm³/mol. The number of nitrogens with one attached hydrogen (secondary N) is 1. The first-order valence-electron chi connectivity index (χ1n) is 8.25. The van der Waals surface area contributed by atoms with Crippen LogP contribution in [0.2, 0.25) is 0 Å². The Morgan fingerprint density at radius 1 is 1.20 bits per heavy atom. The molecular formula is C17H20FN3O3S. The van der Waals surface area contributed by atoms with E-state index in [2.05, 4.69) is 9.82 Å². The standard InChI is InChI=1S/C17H20FN3O3S/c18-15-7-3-1-6-14(15)12-25(23,24)19-9-10-21-17(22)11-13-5-2-4-8-16(13)20-21/h1,3,6-7,11,19H,2,4-5,8-10,12H2. The van der Waals surface area contributed by atoms with Gasteiger partial charge < -0.3 is 0 Å². The van der Waals surface area contributed by atoms with Gasteiger partial charge in [0.1, 0.15) is 5.82 Å². The number of sulfonamides is 1. The van der Waals surface area contributed by atoms with E-state index in [1.54, 1.807) is 12.1 Å². The van der Waals surface area contributed by atoms with Crippen molar-refractivity contribution in [2.24, 2.45) is 0 Å². The van der Waals surface area contributed by atoms with Gasteiger partial charge in [0.15, 0.2) is 0 Å². The molecule has 0 atom stereocenters. The van der Waals surface area contributed by atoms with Gasteiger partial charge in [0.2, 0.25) is 10.0 Å². The number of aromatic nitrogens is 2. The summed E-state index contributed by atoms with van der Waals surface area (Å²) in [5.74, 6) is -0.993. The molecule has 0 saturated carbocycles. The molecule has 1 aromatic heterocycles. The average molecular weight is 365 g/mol. The topological polar surface area (TPSA) is 81.1 Å². The molecular weight excluding hydrogens is 345 g/mol. The van der Waals surface area contributed by atoms with Gasteiger partial charge in [-0.05, 0) is 37.3 Å². The lowest BCUT2D eigenvalue weighted by Gasteiger charge is -2.16. The van der Waals surface area contributed by atoms with Gasteiger partial charge in [-0.15, -0.1) is 0 Å². The van der Waals surface area contributed by atoms with Crippen molar-refractivity contribution in [1.82, 2.24) is 14.5 Å². The smallest absolute Gasteiger partial charge is 0.267 e. The quantitative estimate of drug-likeness (QED) is 0.839. The van der Waals surface area contributed by atoms with Crippen molar-refractivity contribution in [1.29, 1.82) is 0 Å². The van der Waals surface area contributed by atoms with Gasteiger partial charge in [-0.2, -0.15) is 5.10 Å². The number of aryl methyl sites for hydroxylation is 2. The summed E-state index contributed by atoms with van der Waals surface area (Å²) in [7, 11) is -3.69. The minimum atomic E-state index is -3.69. The van der Waals surface area contributed by atoms with Crippen molar-refractivity contribution >= 4 is 10.0 Å². The third-order valence-electron chi connectivity index (χ3n) is 4.22. The summed E-state index contributed by atoms with van der Waals surface area (Å²) in [6.07, 6.45) is 3.82. The molecule has 0 aliphatic heterocycles. The molecule has 1 aromatic carbocycles. The maximum atomic E-state index is 13.6. The largest absolute Gasteiger partial charge is 0.268 e. The fourth-order valence-electron chi connectivity index (χ4n) is 2.94. The Morgan fingerprint density at radius 2 is 1.96 bits per heavy atom. The zero-order valence-corrected chi connectivity index (χ0v) is 14.6. The van der Waals surface area contributed by atoms with Crippen LogP contribution in [0.25, 0.3) is 0 Å². The van der Waals surface area contributed by atoms with Gasteiger partial charge in [-0.3, -0.25) is 4.79 Å². The molecule has 25 heavy (non-hydrogen) atoms. The van der Waals surface area contributed by atoms with Gasteiger partial charge in [0, 0.05) is 18.2 Å². The second-order valence-electron chi connectivity index (χ2n) is 6.13. The van der Waals surface area contributed by atoms with Crippen molar-refractivity contribution in [3.05, 3.63) is 63.3 Å². The van der Waals surface area contributed by atoms with Gasteiger partial charge in [-0.25, -0.2) is 22.2 Å². The van der Waals surface area contributed by atoms with Crippen LogP contribution in [0.1, 0.15) is 29.7 Å². The third-order valence-corrected chi connectivity index (χ3v) is 5.56. The number of fused-ring (bicyclic) bond motifs is 1. The maximum absolute atomic E-state index is 13.6. The van der Waals surface area contributed by atoms with Crippen LogP contribution in [0.15, 0.2) is 35.1 Å². The molecule has 6 nitrogen and oxygen atoms in total. The highest BCUT2D eigenvalue weighted by atomic mass is 32.2. The zero-order chi connectivity index (χ0) is 17.9. The molecule has 8 heteroatoms. The molecule has 1 aliphatic carbocycles. The van der Waals surface area contributed by atoms with Crippen LogP contribution in [-0.4, -0.2) is 24.7 Å². The molecule has 1 aliphatic rings. The lowest BCUT2D eigenvalue weighted by atomic mass is 9.97. The van der Waals surface area contributed by atoms with Gasteiger partial charge >= 0.3 is 0 Å². The molecule has 134 valence electrons. The van der Waals surface area contributed by atoms with E-state index in [0.29, 0.717) is 0 Å². The SMILES string of the molecule is O=c1cc2c(nn1CCNS(=O)(=O)Cc1ccccc1F)CCCC2. The second kappa shape index (κ2) is 7.45. The molecule has 2 aromatic rings. The monoisotopic (exact) mass is 365 g/mol. The van der Waals surface area contributed by atoms with Gasteiger partial charge in [0.25, 0.3) is 5.56 Å². The second-order valence-corrected chi connectivity index (χ2v) is 7.94. The van der Waals surface area contributed by atoms with E-state index in [4.69, 9.17) is 0 Å². The number of rotatable bonds is 6. The van der Waals surface area contributed by atoms with Crippen molar-refractivity contribution in [2.45, 2.75) is 38.0 Å². The highest BCUT2D eigenvalue weighted by Gasteiger charge is 2.16. The first-order chi connectivity index (χ1) is 11.9. The summed E-state index contributed by atoms with van der Waals surface area (Å²) in [6, 6.07) is 7.35. The molecule has 1 heterocycles. The van der Waals surface area contributed by atoms with E-state index in [0.717, 1.165) is 36.9 Å². The molecule has 3 rings (SSSR count).